The molecule has 0 amide bonds. The molecule has 1 atom stereocenters. The molecule has 1 saturated carbocycles. The summed E-state index contributed by atoms with van der Waals surface area (Å²) in [7, 11) is 0. The third kappa shape index (κ3) is 3.60. The number of hydrogen-bond donors (Lipinski definition) is 1. The van der Waals surface area contributed by atoms with E-state index < -0.39 is 0 Å². The van der Waals surface area contributed by atoms with Crippen LogP contribution in [0.1, 0.15) is 63.6 Å². The summed E-state index contributed by atoms with van der Waals surface area (Å²) in [5, 5.41) is 3.60. The Balaban J connectivity index is 2.21. The maximum atomic E-state index is 13.6. The molecule has 1 aliphatic rings. The minimum absolute atomic E-state index is 0.121. The molecule has 2 rings (SSSR count). The molecule has 20 heavy (non-hydrogen) atoms. The Labute approximate surface area is 123 Å². The molecule has 0 bridgehead atoms. The summed E-state index contributed by atoms with van der Waals surface area (Å²) < 4.78 is 13.6. The fourth-order valence-corrected chi connectivity index (χ4v) is 3.45. The second-order valence-electron chi connectivity index (χ2n) is 7.04. The first-order valence-corrected chi connectivity index (χ1v) is 7.92. The van der Waals surface area contributed by atoms with Crippen LogP contribution in [0.2, 0.25) is 0 Å². The van der Waals surface area contributed by atoms with E-state index in [-0.39, 0.29) is 5.82 Å². The summed E-state index contributed by atoms with van der Waals surface area (Å²) in [6.45, 7) is 9.87. The Bertz CT molecular complexity index is 443. The van der Waals surface area contributed by atoms with Crippen molar-refractivity contribution in [3.05, 3.63) is 35.1 Å². The van der Waals surface area contributed by atoms with Crippen molar-refractivity contribution in [1.29, 1.82) is 0 Å². The minimum atomic E-state index is -0.121. The lowest BCUT2D eigenvalue weighted by Crippen LogP contribution is -2.33. The Morgan fingerprint density at radius 1 is 1.30 bits per heavy atom. The summed E-state index contributed by atoms with van der Waals surface area (Å²) >= 11 is 0. The number of halogens is 1. The number of hydrogen-bond acceptors (Lipinski definition) is 1. The lowest BCUT2D eigenvalue weighted by atomic mass is 9.70. The molecule has 1 aromatic rings. The Hall–Kier alpha value is -0.890. The van der Waals surface area contributed by atoms with Crippen LogP contribution in [0, 0.1) is 24.1 Å². The largest absolute Gasteiger partial charge is 0.310 e. The number of aryl methyl sites for hydroxylation is 1. The molecule has 1 N–H and O–H groups in total. The number of benzene rings is 1. The van der Waals surface area contributed by atoms with Gasteiger partial charge in [-0.15, -0.1) is 0 Å². The zero-order valence-corrected chi connectivity index (χ0v) is 13.3. The van der Waals surface area contributed by atoms with Crippen molar-refractivity contribution in [3.63, 3.8) is 0 Å². The van der Waals surface area contributed by atoms with Gasteiger partial charge >= 0.3 is 0 Å². The van der Waals surface area contributed by atoms with Gasteiger partial charge in [0, 0.05) is 6.04 Å². The van der Waals surface area contributed by atoms with E-state index in [2.05, 4.69) is 33.0 Å². The van der Waals surface area contributed by atoms with Crippen LogP contribution in [0.15, 0.2) is 18.2 Å². The van der Waals surface area contributed by atoms with Gasteiger partial charge in [0.05, 0.1) is 0 Å². The molecule has 1 aliphatic carbocycles. The van der Waals surface area contributed by atoms with Gasteiger partial charge in [-0.1, -0.05) is 26.8 Å². The van der Waals surface area contributed by atoms with E-state index in [4.69, 9.17) is 0 Å². The first-order valence-electron chi connectivity index (χ1n) is 7.92. The lowest BCUT2D eigenvalue weighted by molar-refractivity contribution is 0.162. The standard InChI is InChI=1S/C18H28FN/c1-5-20-17(14-8-10-18(3,4)11-9-14)16-12-15(19)7-6-13(16)2/h6-7,12,14,17,20H,5,8-11H2,1-4H3. The third-order valence-electron chi connectivity index (χ3n) is 4.86. The molecule has 0 spiro atoms. The molecule has 0 heterocycles. The van der Waals surface area contributed by atoms with Gasteiger partial charge in [-0.3, -0.25) is 0 Å². The quantitative estimate of drug-likeness (QED) is 0.816. The molecule has 2 heteroatoms. The van der Waals surface area contributed by atoms with Crippen LogP contribution >= 0.6 is 0 Å². The average molecular weight is 277 g/mol. The van der Waals surface area contributed by atoms with Gasteiger partial charge in [-0.2, -0.15) is 0 Å². The molecule has 112 valence electrons. The van der Waals surface area contributed by atoms with E-state index in [1.54, 1.807) is 12.1 Å². The summed E-state index contributed by atoms with van der Waals surface area (Å²) in [5.74, 6) is 0.508. The van der Waals surface area contributed by atoms with Gasteiger partial charge in [-0.25, -0.2) is 4.39 Å². The van der Waals surface area contributed by atoms with Crippen molar-refractivity contribution in [3.8, 4) is 0 Å². The van der Waals surface area contributed by atoms with Crippen molar-refractivity contribution in [2.24, 2.45) is 11.3 Å². The Kier molecular flexibility index (Phi) is 4.85. The SMILES string of the molecule is CCNC(c1cc(F)ccc1C)C1CCC(C)(C)CC1. The summed E-state index contributed by atoms with van der Waals surface area (Å²) in [6, 6.07) is 5.49. The predicted octanol–water partition coefficient (Wildman–Crippen LogP) is 5.00. The van der Waals surface area contributed by atoms with E-state index >= 15 is 0 Å². The van der Waals surface area contributed by atoms with Crippen LogP contribution in [0.4, 0.5) is 4.39 Å². The van der Waals surface area contributed by atoms with Crippen LogP contribution in [-0.2, 0) is 0 Å². The number of nitrogens with one attached hydrogen (secondary N) is 1. The summed E-state index contributed by atoms with van der Waals surface area (Å²) in [5.41, 5.74) is 2.82. The zero-order chi connectivity index (χ0) is 14.8. The van der Waals surface area contributed by atoms with E-state index in [0.29, 0.717) is 17.4 Å². The smallest absolute Gasteiger partial charge is 0.123 e. The fourth-order valence-electron chi connectivity index (χ4n) is 3.45. The Morgan fingerprint density at radius 2 is 1.95 bits per heavy atom. The maximum absolute atomic E-state index is 13.6. The van der Waals surface area contributed by atoms with Crippen molar-refractivity contribution in [2.45, 2.75) is 59.4 Å². The third-order valence-corrected chi connectivity index (χ3v) is 4.86. The van der Waals surface area contributed by atoms with Crippen molar-refractivity contribution in [2.75, 3.05) is 6.54 Å². The molecule has 0 aromatic heterocycles. The zero-order valence-electron chi connectivity index (χ0n) is 13.3. The highest BCUT2D eigenvalue weighted by Gasteiger charge is 2.32. The highest BCUT2D eigenvalue weighted by molar-refractivity contribution is 5.30. The molecule has 0 saturated heterocycles. The summed E-state index contributed by atoms with van der Waals surface area (Å²) in [6.07, 6.45) is 5.02. The second kappa shape index (κ2) is 6.26. The van der Waals surface area contributed by atoms with Gasteiger partial charge in [0.15, 0.2) is 0 Å². The molecule has 1 nitrogen and oxygen atoms in total. The molecule has 0 radical (unpaired) electrons. The number of rotatable bonds is 4. The molecule has 1 unspecified atom stereocenters. The van der Waals surface area contributed by atoms with Crippen molar-refractivity contribution >= 4 is 0 Å². The van der Waals surface area contributed by atoms with Gasteiger partial charge in [0.1, 0.15) is 5.82 Å². The average Bonchev–Trinajstić information content (AvgIpc) is 2.40. The first-order chi connectivity index (χ1) is 9.43. The highest BCUT2D eigenvalue weighted by atomic mass is 19.1. The van der Waals surface area contributed by atoms with Crippen molar-refractivity contribution in [1.82, 2.24) is 5.32 Å². The van der Waals surface area contributed by atoms with E-state index in [0.717, 1.165) is 12.1 Å². The topological polar surface area (TPSA) is 12.0 Å². The van der Waals surface area contributed by atoms with Crippen LogP contribution in [0.25, 0.3) is 0 Å². The van der Waals surface area contributed by atoms with Crippen molar-refractivity contribution < 1.29 is 4.39 Å². The molecular weight excluding hydrogens is 249 g/mol. The van der Waals surface area contributed by atoms with Gasteiger partial charge in [0.2, 0.25) is 0 Å². The van der Waals surface area contributed by atoms with Gasteiger partial charge in [0.25, 0.3) is 0 Å². The molecule has 1 fully saturated rings. The van der Waals surface area contributed by atoms with E-state index in [1.807, 2.05) is 6.07 Å². The lowest BCUT2D eigenvalue weighted by Gasteiger charge is -2.39. The van der Waals surface area contributed by atoms with Crippen LogP contribution in [0.5, 0.6) is 0 Å². The minimum Gasteiger partial charge on any atom is -0.310 e. The normalized spacial score (nSPS) is 20.9. The second-order valence-corrected chi connectivity index (χ2v) is 7.04. The van der Waals surface area contributed by atoms with Gasteiger partial charge in [-0.05, 0) is 73.7 Å². The molecular formula is C18H28FN. The van der Waals surface area contributed by atoms with Crippen LogP contribution in [-0.4, -0.2) is 6.54 Å². The fraction of sp³-hybridized carbons (Fsp3) is 0.667. The Morgan fingerprint density at radius 3 is 2.55 bits per heavy atom. The first kappa shape index (κ1) is 15.5. The van der Waals surface area contributed by atoms with Crippen LogP contribution < -0.4 is 5.32 Å². The van der Waals surface area contributed by atoms with Crippen LogP contribution in [0.3, 0.4) is 0 Å². The predicted molar refractivity (Wildman–Crippen MR) is 83.3 cm³/mol. The summed E-state index contributed by atoms with van der Waals surface area (Å²) in [4.78, 5) is 0. The monoisotopic (exact) mass is 277 g/mol. The maximum Gasteiger partial charge on any atom is 0.123 e. The molecule has 1 aromatic carbocycles. The van der Waals surface area contributed by atoms with E-state index in [9.17, 15) is 4.39 Å². The van der Waals surface area contributed by atoms with Gasteiger partial charge < -0.3 is 5.32 Å². The van der Waals surface area contributed by atoms with E-state index in [1.165, 1.54) is 31.2 Å². The highest BCUT2D eigenvalue weighted by Crippen LogP contribution is 2.43. The molecule has 0 aliphatic heterocycles.